The molecule has 138 valence electrons. The van der Waals surface area contributed by atoms with Gasteiger partial charge in [0, 0.05) is 19.0 Å². The molecule has 2 nitrogen and oxygen atoms in total. The fourth-order valence-corrected chi connectivity index (χ4v) is 9.65. The number of fused-ring (bicyclic) bond motifs is 1. The van der Waals surface area contributed by atoms with Gasteiger partial charge >= 0.3 is 0 Å². The number of hydrogen-bond acceptors (Lipinski definition) is 1. The molecule has 8 rings (SSSR count). The summed E-state index contributed by atoms with van der Waals surface area (Å²) in [6.07, 6.45) is 16.4. The highest BCUT2D eigenvalue weighted by Gasteiger charge is 2.56. The van der Waals surface area contributed by atoms with Gasteiger partial charge in [-0.3, -0.25) is 4.79 Å². The summed E-state index contributed by atoms with van der Waals surface area (Å²) in [5.41, 5.74) is 0.958. The number of carbonyl (C=O) groups excluding carboxylic acids is 1. The number of rotatable bonds is 2. The number of nitrogens with zero attached hydrogens (tertiary/aromatic N) is 1. The van der Waals surface area contributed by atoms with Gasteiger partial charge < -0.3 is 4.90 Å². The van der Waals surface area contributed by atoms with Gasteiger partial charge in [0.15, 0.2) is 0 Å². The Kier molecular flexibility index (Phi) is 3.13. The molecule has 6 aliphatic carbocycles. The van der Waals surface area contributed by atoms with Gasteiger partial charge in [-0.25, -0.2) is 0 Å². The molecule has 25 heavy (non-hydrogen) atoms. The summed E-state index contributed by atoms with van der Waals surface area (Å²) in [4.78, 5) is 16.0. The van der Waals surface area contributed by atoms with Crippen molar-refractivity contribution in [3.63, 3.8) is 0 Å². The third-order valence-electron chi connectivity index (χ3n) is 9.43. The van der Waals surface area contributed by atoms with Gasteiger partial charge in [-0.1, -0.05) is 6.92 Å². The Balaban J connectivity index is 1.23. The smallest absolute Gasteiger partial charge is 0.223 e. The monoisotopic (exact) mass is 341 g/mol. The van der Waals surface area contributed by atoms with E-state index in [1.54, 1.807) is 0 Å². The van der Waals surface area contributed by atoms with Gasteiger partial charge in [0.1, 0.15) is 0 Å². The zero-order valence-corrected chi connectivity index (χ0v) is 16.0. The van der Waals surface area contributed by atoms with Crippen molar-refractivity contribution in [3.05, 3.63) is 0 Å². The van der Waals surface area contributed by atoms with E-state index in [-0.39, 0.29) is 0 Å². The highest BCUT2D eigenvalue weighted by molar-refractivity contribution is 5.77. The van der Waals surface area contributed by atoms with Crippen LogP contribution in [0.3, 0.4) is 0 Å². The minimum atomic E-state index is 0.388. The molecule has 8 aliphatic rings. The highest BCUT2D eigenvalue weighted by Crippen LogP contribution is 2.66. The van der Waals surface area contributed by atoms with Gasteiger partial charge in [0.25, 0.3) is 0 Å². The van der Waals surface area contributed by atoms with E-state index in [1.165, 1.54) is 70.6 Å². The Hall–Kier alpha value is -0.530. The third kappa shape index (κ3) is 2.45. The molecule has 4 atom stereocenters. The summed E-state index contributed by atoms with van der Waals surface area (Å²) in [6.45, 7) is 3.65. The molecule has 1 amide bonds. The van der Waals surface area contributed by atoms with Gasteiger partial charge in [-0.2, -0.15) is 0 Å². The van der Waals surface area contributed by atoms with Crippen LogP contribution in [0.5, 0.6) is 0 Å². The van der Waals surface area contributed by atoms with Crippen LogP contribution >= 0.6 is 0 Å². The van der Waals surface area contributed by atoms with Crippen LogP contribution in [0.15, 0.2) is 0 Å². The first kappa shape index (κ1) is 15.5. The van der Waals surface area contributed by atoms with Gasteiger partial charge in [0.05, 0.1) is 0 Å². The average Bonchev–Trinajstić information content (AvgIpc) is 2.68. The second-order valence-electron chi connectivity index (χ2n) is 11.9. The molecule has 2 saturated heterocycles. The topological polar surface area (TPSA) is 20.3 Å². The van der Waals surface area contributed by atoms with Crippen molar-refractivity contribution in [2.45, 2.75) is 90.0 Å². The van der Waals surface area contributed by atoms with Crippen molar-refractivity contribution in [2.75, 3.05) is 6.54 Å². The molecule has 0 radical (unpaired) electrons. The molecule has 0 aromatic heterocycles. The standard InChI is InChI=1S/C23H35NO/c1-22-8-18-5-19(9-22)11-23(10-18,14-22)12-21(25)24-13-17-3-15-2-16(4-17)7-20(24)6-15/h15-20H,2-14H2,1H3. The van der Waals surface area contributed by atoms with Crippen molar-refractivity contribution in [1.82, 2.24) is 4.90 Å². The first-order chi connectivity index (χ1) is 12.0. The summed E-state index contributed by atoms with van der Waals surface area (Å²) >= 11 is 0. The second kappa shape index (κ2) is 5.04. The Morgan fingerprint density at radius 1 is 0.840 bits per heavy atom. The molecular formula is C23H35NO. The number of amides is 1. The molecule has 0 N–H and O–H groups in total. The van der Waals surface area contributed by atoms with E-state index >= 15 is 0 Å². The summed E-state index contributed by atoms with van der Waals surface area (Å²) < 4.78 is 0. The van der Waals surface area contributed by atoms with Crippen LogP contribution in [-0.4, -0.2) is 23.4 Å². The summed E-state index contributed by atoms with van der Waals surface area (Å²) in [7, 11) is 0. The molecule has 2 aliphatic heterocycles. The van der Waals surface area contributed by atoms with E-state index < -0.39 is 0 Å². The maximum Gasteiger partial charge on any atom is 0.223 e. The van der Waals surface area contributed by atoms with Crippen molar-refractivity contribution >= 4 is 5.91 Å². The molecule has 0 aromatic rings. The van der Waals surface area contributed by atoms with Crippen molar-refractivity contribution in [1.29, 1.82) is 0 Å². The van der Waals surface area contributed by atoms with Crippen molar-refractivity contribution < 1.29 is 4.79 Å². The summed E-state index contributed by atoms with van der Waals surface area (Å²) in [5, 5.41) is 0. The van der Waals surface area contributed by atoms with E-state index in [0.717, 1.165) is 42.6 Å². The minimum Gasteiger partial charge on any atom is -0.339 e. The maximum atomic E-state index is 13.5. The molecule has 8 fully saturated rings. The predicted molar refractivity (Wildman–Crippen MR) is 98.9 cm³/mol. The molecule has 6 saturated carbocycles. The molecular weight excluding hydrogens is 306 g/mol. The summed E-state index contributed by atoms with van der Waals surface area (Å²) in [6, 6.07) is 0.605. The highest BCUT2D eigenvalue weighted by atomic mass is 16.2. The molecule has 8 bridgehead atoms. The normalized spacial score (nSPS) is 55.6. The third-order valence-corrected chi connectivity index (χ3v) is 9.43. The van der Waals surface area contributed by atoms with Crippen LogP contribution in [0.25, 0.3) is 0 Å². The van der Waals surface area contributed by atoms with Gasteiger partial charge in [0.2, 0.25) is 5.91 Å². The fourth-order valence-electron chi connectivity index (χ4n) is 9.65. The fraction of sp³-hybridized carbons (Fsp3) is 0.957. The van der Waals surface area contributed by atoms with Crippen LogP contribution in [0.2, 0.25) is 0 Å². The lowest BCUT2D eigenvalue weighted by molar-refractivity contribution is -0.147. The molecule has 2 heterocycles. The Morgan fingerprint density at radius 2 is 1.44 bits per heavy atom. The summed E-state index contributed by atoms with van der Waals surface area (Å²) in [5.74, 6) is 5.15. The lowest BCUT2D eigenvalue weighted by atomic mass is 9.44. The lowest BCUT2D eigenvalue weighted by Crippen LogP contribution is -2.53. The minimum absolute atomic E-state index is 0.388. The van der Waals surface area contributed by atoms with Crippen LogP contribution in [0.4, 0.5) is 0 Å². The SMILES string of the molecule is CC12CC3CC(C1)CC(CC(=O)N1CC4CC5CC(C4)CC1C5)(C3)C2. The zero-order valence-electron chi connectivity index (χ0n) is 16.0. The predicted octanol–water partition coefficient (Wildman–Crippen LogP) is 5.02. The van der Waals surface area contributed by atoms with Crippen LogP contribution in [0.1, 0.15) is 84.0 Å². The van der Waals surface area contributed by atoms with E-state index in [9.17, 15) is 4.79 Å². The molecule has 0 aromatic carbocycles. The van der Waals surface area contributed by atoms with Crippen LogP contribution in [-0.2, 0) is 4.79 Å². The largest absolute Gasteiger partial charge is 0.339 e. The van der Waals surface area contributed by atoms with E-state index in [0.29, 0.717) is 22.8 Å². The van der Waals surface area contributed by atoms with E-state index in [1.807, 2.05) is 0 Å². The Labute approximate surface area is 153 Å². The van der Waals surface area contributed by atoms with E-state index in [4.69, 9.17) is 0 Å². The number of carbonyl (C=O) groups is 1. The quantitative estimate of drug-likeness (QED) is 0.690. The van der Waals surface area contributed by atoms with Crippen molar-refractivity contribution in [3.8, 4) is 0 Å². The molecule has 2 heteroatoms. The van der Waals surface area contributed by atoms with Gasteiger partial charge in [-0.15, -0.1) is 0 Å². The first-order valence-electron chi connectivity index (χ1n) is 11.3. The Morgan fingerprint density at radius 3 is 2.08 bits per heavy atom. The second-order valence-corrected chi connectivity index (χ2v) is 11.9. The maximum absolute atomic E-state index is 13.5. The number of hydrogen-bond donors (Lipinski definition) is 0. The zero-order chi connectivity index (χ0) is 16.8. The van der Waals surface area contributed by atoms with Crippen LogP contribution in [0, 0.1) is 40.4 Å². The Bertz CT molecular complexity index is 569. The van der Waals surface area contributed by atoms with Crippen LogP contribution < -0.4 is 0 Å². The average molecular weight is 342 g/mol. The molecule has 4 unspecified atom stereocenters. The lowest BCUT2D eigenvalue weighted by Gasteiger charge is -2.61. The van der Waals surface area contributed by atoms with Crippen molar-refractivity contribution in [2.24, 2.45) is 40.4 Å². The van der Waals surface area contributed by atoms with E-state index in [2.05, 4.69) is 11.8 Å². The first-order valence-corrected chi connectivity index (χ1v) is 11.3. The molecule has 0 spiro atoms. The van der Waals surface area contributed by atoms with Gasteiger partial charge in [-0.05, 0) is 111 Å².